The van der Waals surface area contributed by atoms with Crippen LogP contribution in [0.25, 0.3) is 0 Å². The molecule has 0 aliphatic heterocycles. The summed E-state index contributed by atoms with van der Waals surface area (Å²) < 4.78 is 9.84. The number of hydrogen-bond donors (Lipinski definition) is 0. The summed E-state index contributed by atoms with van der Waals surface area (Å²) in [6, 6.07) is 0. The summed E-state index contributed by atoms with van der Waals surface area (Å²) in [4.78, 5) is 17.1. The molecule has 1 heterocycles. The first-order chi connectivity index (χ1) is 7.65. The molecule has 6 nitrogen and oxygen atoms in total. The predicted molar refractivity (Wildman–Crippen MR) is 56.6 cm³/mol. The van der Waals surface area contributed by atoms with Crippen molar-refractivity contribution < 1.29 is 14.1 Å². The highest BCUT2D eigenvalue weighted by molar-refractivity contribution is 5.71. The number of esters is 1. The molecule has 6 heteroatoms. The van der Waals surface area contributed by atoms with E-state index >= 15 is 0 Å². The number of aryl methyl sites for hydroxylation is 1. The van der Waals surface area contributed by atoms with Crippen molar-refractivity contribution >= 4 is 5.97 Å². The summed E-state index contributed by atoms with van der Waals surface area (Å²) in [6.07, 6.45) is 0.741. The normalized spacial score (nSPS) is 10.8. The van der Waals surface area contributed by atoms with Gasteiger partial charge >= 0.3 is 5.97 Å². The van der Waals surface area contributed by atoms with E-state index in [0.717, 1.165) is 6.42 Å². The first-order valence-corrected chi connectivity index (χ1v) is 5.31. The van der Waals surface area contributed by atoms with Crippen LogP contribution < -0.4 is 0 Å². The Bertz CT molecular complexity index is 338. The lowest BCUT2D eigenvalue weighted by Gasteiger charge is -2.12. The molecule has 0 saturated carbocycles. The van der Waals surface area contributed by atoms with Crippen molar-refractivity contribution in [3.63, 3.8) is 0 Å². The van der Waals surface area contributed by atoms with Gasteiger partial charge in [-0.1, -0.05) is 12.1 Å². The number of likely N-dealkylation sites (N-methyl/N-ethyl adjacent to an activating group) is 1. The minimum atomic E-state index is -0.250. The maximum Gasteiger partial charge on any atom is 0.320 e. The largest absolute Gasteiger partial charge is 0.465 e. The first kappa shape index (κ1) is 12.6. The van der Waals surface area contributed by atoms with Crippen LogP contribution in [0.15, 0.2) is 4.52 Å². The molecule has 16 heavy (non-hydrogen) atoms. The lowest BCUT2D eigenvalue weighted by molar-refractivity contribution is -0.144. The fraction of sp³-hybridized carbons (Fsp3) is 0.700. The number of aromatic nitrogens is 2. The van der Waals surface area contributed by atoms with Crippen LogP contribution in [-0.2, 0) is 22.5 Å². The molecule has 0 spiro atoms. The van der Waals surface area contributed by atoms with Crippen molar-refractivity contribution in [2.24, 2.45) is 0 Å². The molecular weight excluding hydrogens is 210 g/mol. The van der Waals surface area contributed by atoms with Crippen LogP contribution in [0.1, 0.15) is 25.6 Å². The van der Waals surface area contributed by atoms with Gasteiger partial charge in [-0.15, -0.1) is 0 Å². The highest BCUT2D eigenvalue weighted by atomic mass is 16.5. The van der Waals surface area contributed by atoms with Gasteiger partial charge in [0.2, 0.25) is 5.89 Å². The SMILES string of the molecule is CCOC(=O)CN(C)Cc1nc(CC)no1. The Balaban J connectivity index is 2.38. The molecule has 0 bridgehead atoms. The average molecular weight is 227 g/mol. The first-order valence-electron chi connectivity index (χ1n) is 5.31. The monoisotopic (exact) mass is 227 g/mol. The molecule has 0 saturated heterocycles. The molecule has 0 unspecified atom stereocenters. The van der Waals surface area contributed by atoms with Gasteiger partial charge in [0, 0.05) is 6.42 Å². The molecule has 1 aromatic heterocycles. The molecule has 0 amide bonds. The molecule has 90 valence electrons. The molecule has 0 aromatic carbocycles. The Morgan fingerprint density at radius 3 is 2.81 bits per heavy atom. The van der Waals surface area contributed by atoms with Gasteiger partial charge in [0.15, 0.2) is 5.82 Å². The number of nitrogens with zero attached hydrogens (tertiary/aromatic N) is 3. The summed E-state index contributed by atoms with van der Waals surface area (Å²) in [5.41, 5.74) is 0. The Morgan fingerprint density at radius 2 is 2.25 bits per heavy atom. The molecule has 0 fully saturated rings. The quantitative estimate of drug-likeness (QED) is 0.664. The van der Waals surface area contributed by atoms with Gasteiger partial charge in [-0.05, 0) is 14.0 Å². The van der Waals surface area contributed by atoms with Crippen LogP contribution in [0.5, 0.6) is 0 Å². The zero-order chi connectivity index (χ0) is 12.0. The summed E-state index contributed by atoms with van der Waals surface area (Å²) in [5, 5.41) is 3.77. The average Bonchev–Trinajstić information content (AvgIpc) is 2.65. The minimum Gasteiger partial charge on any atom is -0.465 e. The van der Waals surface area contributed by atoms with E-state index < -0.39 is 0 Å². The number of rotatable bonds is 6. The van der Waals surface area contributed by atoms with Crippen molar-refractivity contribution in [3.05, 3.63) is 11.7 Å². The lowest BCUT2D eigenvalue weighted by atomic mass is 10.4. The van der Waals surface area contributed by atoms with Crippen LogP contribution in [-0.4, -0.2) is 41.2 Å². The second-order valence-electron chi connectivity index (χ2n) is 3.44. The molecule has 0 N–H and O–H groups in total. The fourth-order valence-corrected chi connectivity index (χ4v) is 1.21. The summed E-state index contributed by atoms with van der Waals surface area (Å²) >= 11 is 0. The maximum absolute atomic E-state index is 11.2. The van der Waals surface area contributed by atoms with Crippen molar-refractivity contribution in [2.45, 2.75) is 26.8 Å². The van der Waals surface area contributed by atoms with Gasteiger partial charge in [0.05, 0.1) is 19.7 Å². The number of hydrogen-bond acceptors (Lipinski definition) is 6. The highest BCUT2D eigenvalue weighted by Gasteiger charge is 2.11. The van der Waals surface area contributed by atoms with Crippen LogP contribution in [0.2, 0.25) is 0 Å². The zero-order valence-electron chi connectivity index (χ0n) is 9.89. The fourth-order valence-electron chi connectivity index (χ4n) is 1.21. The van der Waals surface area contributed by atoms with Crippen molar-refractivity contribution in [1.29, 1.82) is 0 Å². The second kappa shape index (κ2) is 6.22. The zero-order valence-corrected chi connectivity index (χ0v) is 9.89. The van der Waals surface area contributed by atoms with Gasteiger partial charge < -0.3 is 9.26 Å². The molecule has 0 aliphatic rings. The van der Waals surface area contributed by atoms with Crippen LogP contribution in [0.3, 0.4) is 0 Å². The highest BCUT2D eigenvalue weighted by Crippen LogP contribution is 2.01. The minimum absolute atomic E-state index is 0.220. The van der Waals surface area contributed by atoms with E-state index in [-0.39, 0.29) is 12.5 Å². The summed E-state index contributed by atoms with van der Waals surface area (Å²) in [7, 11) is 1.80. The third-order valence-electron chi connectivity index (χ3n) is 1.94. The van der Waals surface area contributed by atoms with Crippen molar-refractivity contribution in [1.82, 2.24) is 15.0 Å². The Hall–Kier alpha value is -1.43. The van der Waals surface area contributed by atoms with E-state index in [9.17, 15) is 4.79 Å². The third kappa shape index (κ3) is 3.98. The predicted octanol–water partition coefficient (Wildman–Crippen LogP) is 0.627. The Kier molecular flexibility index (Phi) is 4.91. The van der Waals surface area contributed by atoms with E-state index in [2.05, 4.69) is 10.1 Å². The van der Waals surface area contributed by atoms with E-state index in [0.29, 0.717) is 24.9 Å². The van der Waals surface area contributed by atoms with Gasteiger partial charge in [-0.3, -0.25) is 9.69 Å². The molecule has 0 radical (unpaired) electrons. The third-order valence-corrected chi connectivity index (χ3v) is 1.94. The number of carbonyl (C=O) groups is 1. The summed E-state index contributed by atoms with van der Waals surface area (Å²) in [5.74, 6) is 0.948. The van der Waals surface area contributed by atoms with Crippen LogP contribution >= 0.6 is 0 Å². The summed E-state index contributed by atoms with van der Waals surface area (Å²) in [6.45, 7) is 4.80. The van der Waals surface area contributed by atoms with Gasteiger partial charge in [-0.2, -0.15) is 4.98 Å². The second-order valence-corrected chi connectivity index (χ2v) is 3.44. The molecule has 0 aliphatic carbocycles. The standard InChI is InChI=1S/C10H17N3O3/c1-4-8-11-9(16-12-8)6-13(3)7-10(14)15-5-2/h4-7H2,1-3H3. The van der Waals surface area contributed by atoms with E-state index in [1.54, 1.807) is 18.9 Å². The lowest BCUT2D eigenvalue weighted by Crippen LogP contribution is -2.27. The molecule has 1 aromatic rings. The Labute approximate surface area is 94.6 Å². The number of ether oxygens (including phenoxy) is 1. The molecular formula is C10H17N3O3. The van der Waals surface area contributed by atoms with Crippen LogP contribution in [0.4, 0.5) is 0 Å². The van der Waals surface area contributed by atoms with E-state index in [1.165, 1.54) is 0 Å². The van der Waals surface area contributed by atoms with Gasteiger partial charge in [0.1, 0.15) is 0 Å². The molecule has 0 atom stereocenters. The topological polar surface area (TPSA) is 68.5 Å². The van der Waals surface area contributed by atoms with Crippen molar-refractivity contribution in [2.75, 3.05) is 20.2 Å². The number of carbonyl (C=O) groups excluding carboxylic acids is 1. The van der Waals surface area contributed by atoms with Crippen LogP contribution in [0, 0.1) is 0 Å². The van der Waals surface area contributed by atoms with E-state index in [4.69, 9.17) is 9.26 Å². The van der Waals surface area contributed by atoms with Gasteiger partial charge in [-0.25, -0.2) is 0 Å². The van der Waals surface area contributed by atoms with Crippen molar-refractivity contribution in [3.8, 4) is 0 Å². The van der Waals surface area contributed by atoms with E-state index in [1.807, 2.05) is 6.92 Å². The maximum atomic E-state index is 11.2. The van der Waals surface area contributed by atoms with Gasteiger partial charge in [0.25, 0.3) is 0 Å². The smallest absolute Gasteiger partial charge is 0.320 e. The Morgan fingerprint density at radius 1 is 1.50 bits per heavy atom. The molecule has 1 rings (SSSR count).